The van der Waals surface area contributed by atoms with E-state index in [1.165, 1.54) is 18.2 Å². The van der Waals surface area contributed by atoms with Crippen LogP contribution in [-0.2, 0) is 6.18 Å². The van der Waals surface area contributed by atoms with Crippen LogP contribution in [0, 0.1) is 5.82 Å². The average molecular weight is 317 g/mol. The first-order valence-electron chi connectivity index (χ1n) is 5.90. The van der Waals surface area contributed by atoms with Crippen molar-refractivity contribution in [1.29, 1.82) is 0 Å². The van der Waals surface area contributed by atoms with Crippen molar-refractivity contribution in [3.05, 3.63) is 71.0 Å². The van der Waals surface area contributed by atoms with Crippen molar-refractivity contribution in [2.75, 3.05) is 0 Å². The molecule has 0 aliphatic heterocycles. The Balaban J connectivity index is 2.29. The maximum absolute atomic E-state index is 12.8. The molecule has 0 aliphatic carbocycles. The van der Waals surface area contributed by atoms with Crippen LogP contribution in [0.2, 0.25) is 0 Å². The quantitative estimate of drug-likeness (QED) is 0.442. The second-order valence-corrected chi connectivity index (χ2v) is 4.79. The molecule has 0 heterocycles. The second kappa shape index (κ2) is 5.85. The fraction of sp³-hybridized carbons (Fsp3) is 0.133. The lowest BCUT2D eigenvalue weighted by Gasteiger charge is -2.11. The standard InChI is InChI=1S/C15H9ClF4O/c16-13(9-4-6-12(17)7-5-9)14(21)10-2-1-3-11(8-10)15(18,19)20/h1-8,13H. The summed E-state index contributed by atoms with van der Waals surface area (Å²) >= 11 is 5.96. The third-order valence-electron chi connectivity index (χ3n) is 2.87. The molecule has 1 atom stereocenters. The summed E-state index contributed by atoms with van der Waals surface area (Å²) in [7, 11) is 0. The molecule has 1 nitrogen and oxygen atoms in total. The van der Waals surface area contributed by atoms with Crippen molar-refractivity contribution in [3.8, 4) is 0 Å². The van der Waals surface area contributed by atoms with Gasteiger partial charge in [-0.15, -0.1) is 11.6 Å². The van der Waals surface area contributed by atoms with Crippen LogP contribution in [0.5, 0.6) is 0 Å². The van der Waals surface area contributed by atoms with E-state index >= 15 is 0 Å². The summed E-state index contributed by atoms with van der Waals surface area (Å²) in [6.45, 7) is 0. The van der Waals surface area contributed by atoms with Gasteiger partial charge in [0.05, 0.1) is 5.56 Å². The van der Waals surface area contributed by atoms with Gasteiger partial charge in [0.25, 0.3) is 0 Å². The largest absolute Gasteiger partial charge is 0.416 e. The summed E-state index contributed by atoms with van der Waals surface area (Å²) in [6, 6.07) is 8.92. The molecule has 0 amide bonds. The molecule has 110 valence electrons. The molecule has 0 radical (unpaired) electrons. The number of ketones is 1. The molecule has 0 bridgehead atoms. The van der Waals surface area contributed by atoms with Crippen LogP contribution in [0.15, 0.2) is 48.5 Å². The van der Waals surface area contributed by atoms with Crippen LogP contribution in [-0.4, -0.2) is 5.78 Å². The van der Waals surface area contributed by atoms with Gasteiger partial charge in [-0.25, -0.2) is 4.39 Å². The van der Waals surface area contributed by atoms with Gasteiger partial charge in [-0.2, -0.15) is 13.2 Å². The van der Waals surface area contributed by atoms with Crippen LogP contribution < -0.4 is 0 Å². The lowest BCUT2D eigenvalue weighted by molar-refractivity contribution is -0.137. The van der Waals surface area contributed by atoms with Crippen molar-refractivity contribution < 1.29 is 22.4 Å². The fourth-order valence-corrected chi connectivity index (χ4v) is 2.05. The Hall–Kier alpha value is -1.88. The molecule has 0 saturated heterocycles. The van der Waals surface area contributed by atoms with Gasteiger partial charge in [-0.3, -0.25) is 4.79 Å². The van der Waals surface area contributed by atoms with Crippen molar-refractivity contribution in [1.82, 2.24) is 0 Å². The SMILES string of the molecule is O=C(c1cccc(C(F)(F)F)c1)C(Cl)c1ccc(F)cc1. The average Bonchev–Trinajstić information content (AvgIpc) is 2.46. The van der Waals surface area contributed by atoms with Gasteiger partial charge in [0.1, 0.15) is 11.2 Å². The first kappa shape index (κ1) is 15.5. The molecule has 1 unspecified atom stereocenters. The molecule has 0 N–H and O–H groups in total. The van der Waals surface area contributed by atoms with Crippen LogP contribution in [0.3, 0.4) is 0 Å². The van der Waals surface area contributed by atoms with E-state index in [9.17, 15) is 22.4 Å². The van der Waals surface area contributed by atoms with E-state index < -0.39 is 28.7 Å². The third kappa shape index (κ3) is 3.61. The van der Waals surface area contributed by atoms with E-state index in [1.54, 1.807) is 0 Å². The van der Waals surface area contributed by atoms with E-state index in [4.69, 9.17) is 11.6 Å². The molecule has 6 heteroatoms. The van der Waals surface area contributed by atoms with Gasteiger partial charge in [-0.05, 0) is 29.8 Å². The van der Waals surface area contributed by atoms with Gasteiger partial charge in [0.2, 0.25) is 0 Å². The van der Waals surface area contributed by atoms with E-state index in [-0.39, 0.29) is 5.56 Å². The third-order valence-corrected chi connectivity index (χ3v) is 3.32. The highest BCUT2D eigenvalue weighted by molar-refractivity contribution is 6.33. The van der Waals surface area contributed by atoms with Crippen molar-refractivity contribution >= 4 is 17.4 Å². The Morgan fingerprint density at radius 2 is 1.67 bits per heavy atom. The summed E-state index contributed by atoms with van der Waals surface area (Å²) in [5, 5.41) is -1.17. The molecule has 0 fully saturated rings. The smallest absolute Gasteiger partial charge is 0.292 e. The normalized spacial score (nSPS) is 13.0. The molecule has 0 saturated carbocycles. The molecule has 2 aromatic rings. The van der Waals surface area contributed by atoms with Crippen LogP contribution >= 0.6 is 11.6 Å². The second-order valence-electron chi connectivity index (χ2n) is 4.36. The van der Waals surface area contributed by atoms with Crippen molar-refractivity contribution in [3.63, 3.8) is 0 Å². The Bertz CT molecular complexity index is 649. The summed E-state index contributed by atoms with van der Waals surface area (Å²) in [6.07, 6.45) is -4.53. The van der Waals surface area contributed by atoms with E-state index in [0.29, 0.717) is 5.56 Å². The summed E-state index contributed by atoms with van der Waals surface area (Å²) in [4.78, 5) is 12.1. The summed E-state index contributed by atoms with van der Waals surface area (Å²) < 4.78 is 50.6. The number of hydrogen-bond donors (Lipinski definition) is 0. The zero-order chi connectivity index (χ0) is 15.6. The fourth-order valence-electron chi connectivity index (χ4n) is 1.78. The number of halogens is 5. The molecule has 0 spiro atoms. The molecular formula is C15H9ClF4O. The Kier molecular flexibility index (Phi) is 4.32. The van der Waals surface area contributed by atoms with E-state index in [1.807, 2.05) is 0 Å². The number of carbonyl (C=O) groups is 1. The lowest BCUT2D eigenvalue weighted by Crippen LogP contribution is -2.11. The molecule has 0 aromatic heterocycles. The highest BCUT2D eigenvalue weighted by Crippen LogP contribution is 2.31. The van der Waals surface area contributed by atoms with Gasteiger partial charge < -0.3 is 0 Å². The van der Waals surface area contributed by atoms with Gasteiger partial charge in [0.15, 0.2) is 5.78 Å². The van der Waals surface area contributed by atoms with Crippen LogP contribution in [0.25, 0.3) is 0 Å². The molecule has 0 aliphatic rings. The zero-order valence-corrected chi connectivity index (χ0v) is 11.3. The Labute approximate surface area is 123 Å². The topological polar surface area (TPSA) is 17.1 Å². The summed E-state index contributed by atoms with van der Waals surface area (Å²) in [5.41, 5.74) is -0.744. The maximum Gasteiger partial charge on any atom is 0.416 e. The molecule has 2 aromatic carbocycles. The zero-order valence-electron chi connectivity index (χ0n) is 10.5. The number of rotatable bonds is 3. The van der Waals surface area contributed by atoms with Crippen molar-refractivity contribution in [2.45, 2.75) is 11.6 Å². The van der Waals surface area contributed by atoms with Crippen LogP contribution in [0.1, 0.15) is 26.9 Å². The van der Waals surface area contributed by atoms with E-state index in [2.05, 4.69) is 0 Å². The minimum absolute atomic E-state index is 0.144. The Morgan fingerprint density at radius 1 is 1.05 bits per heavy atom. The highest BCUT2D eigenvalue weighted by Gasteiger charge is 2.31. The first-order chi connectivity index (χ1) is 9.79. The van der Waals surface area contributed by atoms with Gasteiger partial charge in [-0.1, -0.05) is 24.3 Å². The summed E-state index contributed by atoms with van der Waals surface area (Å²) in [5.74, 6) is -1.16. The maximum atomic E-state index is 12.8. The van der Waals surface area contributed by atoms with Gasteiger partial charge in [0, 0.05) is 5.56 Å². The number of alkyl halides is 4. The minimum Gasteiger partial charge on any atom is -0.292 e. The number of hydrogen-bond acceptors (Lipinski definition) is 1. The Morgan fingerprint density at radius 3 is 2.24 bits per heavy atom. The highest BCUT2D eigenvalue weighted by atomic mass is 35.5. The van der Waals surface area contributed by atoms with E-state index in [0.717, 1.165) is 30.3 Å². The first-order valence-corrected chi connectivity index (χ1v) is 6.33. The predicted octanol–water partition coefficient (Wildman–Crippen LogP) is 5.01. The minimum atomic E-state index is -4.53. The number of carbonyl (C=O) groups excluding carboxylic acids is 1. The number of Topliss-reactive ketones (excluding diaryl/α,β-unsaturated/α-hetero) is 1. The predicted molar refractivity (Wildman–Crippen MR) is 70.8 cm³/mol. The van der Waals surface area contributed by atoms with Gasteiger partial charge >= 0.3 is 6.18 Å². The van der Waals surface area contributed by atoms with Crippen LogP contribution in [0.4, 0.5) is 17.6 Å². The molecular weight excluding hydrogens is 308 g/mol. The number of benzene rings is 2. The molecule has 2 rings (SSSR count). The monoisotopic (exact) mass is 316 g/mol. The molecule has 21 heavy (non-hydrogen) atoms. The van der Waals surface area contributed by atoms with Crippen molar-refractivity contribution in [2.24, 2.45) is 0 Å². The lowest BCUT2D eigenvalue weighted by atomic mass is 10.0.